The van der Waals surface area contributed by atoms with E-state index in [1.165, 1.54) is 0 Å². The number of nitrogens with zero attached hydrogens (tertiary/aromatic N) is 1. The number of ether oxygens (including phenoxy) is 3. The molecular formula is C15H24N2O3. The first kappa shape index (κ1) is 14.9. The quantitative estimate of drug-likeness (QED) is 0.891. The fraction of sp³-hybridized carbons (Fsp3) is 0.600. The van der Waals surface area contributed by atoms with Crippen LogP contribution in [-0.4, -0.2) is 45.4 Å². The van der Waals surface area contributed by atoms with Crippen LogP contribution in [0.25, 0.3) is 0 Å². The van der Waals surface area contributed by atoms with E-state index in [0.29, 0.717) is 17.2 Å². The summed E-state index contributed by atoms with van der Waals surface area (Å²) in [5, 5.41) is 0. The van der Waals surface area contributed by atoms with Crippen LogP contribution >= 0.6 is 0 Å². The molecule has 1 aliphatic heterocycles. The third-order valence-electron chi connectivity index (χ3n) is 3.98. The lowest BCUT2D eigenvalue weighted by Gasteiger charge is -2.27. The molecule has 1 heterocycles. The van der Waals surface area contributed by atoms with Gasteiger partial charge in [0, 0.05) is 12.6 Å². The van der Waals surface area contributed by atoms with Gasteiger partial charge in [-0.15, -0.1) is 0 Å². The summed E-state index contributed by atoms with van der Waals surface area (Å²) in [5.41, 5.74) is 7.39. The Kier molecular flexibility index (Phi) is 4.73. The number of hydrogen-bond acceptors (Lipinski definition) is 5. The lowest BCUT2D eigenvalue weighted by Crippen LogP contribution is -2.31. The molecule has 2 atom stereocenters. The summed E-state index contributed by atoms with van der Waals surface area (Å²) in [6.07, 6.45) is 1.01. The highest BCUT2D eigenvalue weighted by molar-refractivity contribution is 5.54. The van der Waals surface area contributed by atoms with Crippen molar-refractivity contribution in [3.63, 3.8) is 0 Å². The van der Waals surface area contributed by atoms with E-state index < -0.39 is 0 Å². The molecule has 0 aliphatic carbocycles. The van der Waals surface area contributed by atoms with Crippen LogP contribution in [0.15, 0.2) is 12.1 Å². The summed E-state index contributed by atoms with van der Waals surface area (Å²) in [5.74, 6) is 1.97. The second kappa shape index (κ2) is 6.33. The van der Waals surface area contributed by atoms with Gasteiger partial charge >= 0.3 is 0 Å². The maximum atomic E-state index is 6.28. The molecule has 0 bridgehead atoms. The van der Waals surface area contributed by atoms with E-state index >= 15 is 0 Å². The highest BCUT2D eigenvalue weighted by atomic mass is 16.5. The molecule has 2 N–H and O–H groups in total. The number of methoxy groups -OCH3 is 3. The molecular weight excluding hydrogens is 256 g/mol. The number of benzene rings is 1. The third kappa shape index (κ3) is 2.55. The van der Waals surface area contributed by atoms with Gasteiger partial charge in [-0.25, -0.2) is 0 Å². The van der Waals surface area contributed by atoms with Crippen molar-refractivity contribution < 1.29 is 14.2 Å². The molecule has 5 nitrogen and oxygen atoms in total. The molecule has 2 rings (SSSR count). The van der Waals surface area contributed by atoms with Gasteiger partial charge in [0.25, 0.3) is 0 Å². The van der Waals surface area contributed by atoms with E-state index in [9.17, 15) is 0 Å². The SMILES string of the molecule is CCN1CCC(N)C1c1cc(OC)c(OC)c(OC)c1. The minimum absolute atomic E-state index is 0.137. The van der Waals surface area contributed by atoms with Crippen molar-refractivity contribution in [2.45, 2.75) is 25.4 Å². The number of likely N-dealkylation sites (N-methyl/N-ethyl adjacent to an activating group) is 1. The highest BCUT2D eigenvalue weighted by Gasteiger charge is 2.33. The Bertz CT molecular complexity index is 439. The zero-order valence-electron chi connectivity index (χ0n) is 12.7. The molecule has 1 aromatic rings. The Morgan fingerprint density at radius 3 is 2.20 bits per heavy atom. The summed E-state index contributed by atoms with van der Waals surface area (Å²) in [6, 6.07) is 4.34. The lowest BCUT2D eigenvalue weighted by atomic mass is 9.99. The Morgan fingerprint density at radius 2 is 1.75 bits per heavy atom. The van der Waals surface area contributed by atoms with E-state index in [1.54, 1.807) is 21.3 Å². The van der Waals surface area contributed by atoms with Gasteiger partial charge in [0.1, 0.15) is 0 Å². The summed E-state index contributed by atoms with van der Waals surface area (Å²) >= 11 is 0. The van der Waals surface area contributed by atoms with E-state index in [2.05, 4.69) is 11.8 Å². The molecule has 0 saturated carbocycles. The molecule has 0 aromatic heterocycles. The second-order valence-electron chi connectivity index (χ2n) is 4.98. The first-order valence-corrected chi connectivity index (χ1v) is 6.95. The van der Waals surface area contributed by atoms with Crippen LogP contribution in [0.5, 0.6) is 17.2 Å². The predicted molar refractivity (Wildman–Crippen MR) is 78.7 cm³/mol. The summed E-state index contributed by atoms with van der Waals surface area (Å²) in [4.78, 5) is 2.38. The van der Waals surface area contributed by atoms with Gasteiger partial charge in [-0.1, -0.05) is 6.92 Å². The zero-order chi connectivity index (χ0) is 14.7. The predicted octanol–water partition coefficient (Wildman–Crippen LogP) is 1.81. The van der Waals surface area contributed by atoms with Crippen LogP contribution < -0.4 is 19.9 Å². The van der Waals surface area contributed by atoms with Crippen LogP contribution in [0.2, 0.25) is 0 Å². The zero-order valence-corrected chi connectivity index (χ0v) is 12.7. The van der Waals surface area contributed by atoms with Crippen LogP contribution in [0.3, 0.4) is 0 Å². The fourth-order valence-electron chi connectivity index (χ4n) is 2.97. The Morgan fingerprint density at radius 1 is 1.15 bits per heavy atom. The summed E-state index contributed by atoms with van der Waals surface area (Å²) < 4.78 is 16.2. The van der Waals surface area contributed by atoms with Crippen LogP contribution in [0.4, 0.5) is 0 Å². The number of likely N-dealkylation sites (tertiary alicyclic amines) is 1. The molecule has 1 aliphatic rings. The van der Waals surface area contributed by atoms with Crippen molar-refractivity contribution in [1.29, 1.82) is 0 Å². The van der Waals surface area contributed by atoms with Gasteiger partial charge in [0.15, 0.2) is 11.5 Å². The topological polar surface area (TPSA) is 57.0 Å². The van der Waals surface area contributed by atoms with Crippen LogP contribution in [-0.2, 0) is 0 Å². The fourth-order valence-corrected chi connectivity index (χ4v) is 2.97. The van der Waals surface area contributed by atoms with Crippen molar-refractivity contribution in [2.24, 2.45) is 5.73 Å². The molecule has 0 radical (unpaired) electrons. The normalized spacial score (nSPS) is 22.9. The average Bonchev–Trinajstić information content (AvgIpc) is 2.86. The standard InChI is InChI=1S/C15H24N2O3/c1-5-17-7-6-11(16)14(17)10-8-12(18-2)15(20-4)13(9-10)19-3/h8-9,11,14H,5-7,16H2,1-4H3. The van der Waals surface area contributed by atoms with Gasteiger partial charge in [0.05, 0.1) is 27.4 Å². The molecule has 2 unspecified atom stereocenters. The van der Waals surface area contributed by atoms with E-state index in [-0.39, 0.29) is 12.1 Å². The van der Waals surface area contributed by atoms with Crippen molar-refractivity contribution in [1.82, 2.24) is 4.90 Å². The van der Waals surface area contributed by atoms with Gasteiger partial charge in [-0.3, -0.25) is 4.90 Å². The molecule has 0 spiro atoms. The van der Waals surface area contributed by atoms with Gasteiger partial charge in [0.2, 0.25) is 5.75 Å². The highest BCUT2D eigenvalue weighted by Crippen LogP contribution is 2.42. The Labute approximate surface area is 120 Å². The van der Waals surface area contributed by atoms with Crippen molar-refractivity contribution in [3.05, 3.63) is 17.7 Å². The monoisotopic (exact) mass is 280 g/mol. The number of hydrogen-bond donors (Lipinski definition) is 1. The number of nitrogens with two attached hydrogens (primary N) is 1. The molecule has 1 aromatic carbocycles. The molecule has 112 valence electrons. The van der Waals surface area contributed by atoms with Crippen LogP contribution in [0, 0.1) is 0 Å². The molecule has 0 amide bonds. The van der Waals surface area contributed by atoms with E-state index in [1.807, 2.05) is 12.1 Å². The summed E-state index contributed by atoms with van der Waals surface area (Å²) in [7, 11) is 4.88. The van der Waals surface area contributed by atoms with Crippen LogP contribution in [0.1, 0.15) is 24.9 Å². The van der Waals surface area contributed by atoms with Crippen molar-refractivity contribution in [3.8, 4) is 17.2 Å². The minimum atomic E-state index is 0.137. The Balaban J connectivity index is 2.46. The lowest BCUT2D eigenvalue weighted by molar-refractivity contribution is 0.258. The van der Waals surface area contributed by atoms with Gasteiger partial charge in [-0.05, 0) is 30.7 Å². The first-order valence-electron chi connectivity index (χ1n) is 6.95. The van der Waals surface area contributed by atoms with Gasteiger partial charge in [-0.2, -0.15) is 0 Å². The maximum absolute atomic E-state index is 6.28. The smallest absolute Gasteiger partial charge is 0.203 e. The molecule has 1 fully saturated rings. The first-order chi connectivity index (χ1) is 9.65. The molecule has 1 saturated heterocycles. The third-order valence-corrected chi connectivity index (χ3v) is 3.98. The van der Waals surface area contributed by atoms with Crippen molar-refractivity contribution in [2.75, 3.05) is 34.4 Å². The largest absolute Gasteiger partial charge is 0.493 e. The summed E-state index contributed by atoms with van der Waals surface area (Å²) in [6.45, 7) is 4.16. The molecule has 20 heavy (non-hydrogen) atoms. The Hall–Kier alpha value is -1.46. The minimum Gasteiger partial charge on any atom is -0.493 e. The van der Waals surface area contributed by atoms with Gasteiger partial charge < -0.3 is 19.9 Å². The van der Waals surface area contributed by atoms with E-state index in [4.69, 9.17) is 19.9 Å². The number of rotatable bonds is 5. The van der Waals surface area contributed by atoms with E-state index in [0.717, 1.165) is 25.1 Å². The second-order valence-corrected chi connectivity index (χ2v) is 4.98. The maximum Gasteiger partial charge on any atom is 0.203 e. The molecule has 5 heteroatoms. The average molecular weight is 280 g/mol. The van der Waals surface area contributed by atoms with Crippen molar-refractivity contribution >= 4 is 0 Å².